The van der Waals surface area contributed by atoms with Crippen molar-refractivity contribution in [1.29, 1.82) is 0 Å². The summed E-state index contributed by atoms with van der Waals surface area (Å²) in [5.41, 5.74) is 7.56. The average Bonchev–Trinajstić information content (AvgIpc) is 3.81. The number of carbonyl (C=O) groups is 2. The number of nitrogens with one attached hydrogen (secondary N) is 1. The lowest BCUT2D eigenvalue weighted by molar-refractivity contribution is -0.114. The van der Waals surface area contributed by atoms with E-state index in [2.05, 4.69) is 65.7 Å². The molecule has 1 unspecified atom stereocenters. The summed E-state index contributed by atoms with van der Waals surface area (Å²) in [4.78, 5) is 38.6. The molecule has 7 rings (SSSR count). The Hall–Kier alpha value is -3.81. The van der Waals surface area contributed by atoms with Crippen molar-refractivity contribution in [3.05, 3.63) is 99.6 Å². The minimum absolute atomic E-state index is 0.0325. The number of carbonyl (C=O) groups excluding carboxylic acids is 2. The van der Waals surface area contributed by atoms with Gasteiger partial charge in [-0.05, 0) is 92.9 Å². The minimum atomic E-state index is 0.0325. The highest BCUT2D eigenvalue weighted by Gasteiger charge is 2.32. The van der Waals surface area contributed by atoms with E-state index in [-0.39, 0.29) is 17.7 Å². The van der Waals surface area contributed by atoms with Crippen molar-refractivity contribution in [2.24, 2.45) is 4.99 Å². The Morgan fingerprint density at radius 2 is 1.84 bits per heavy atom. The molecule has 220 valence electrons. The molecule has 6 nitrogen and oxygen atoms in total. The predicted molar refractivity (Wildman–Crippen MR) is 175 cm³/mol. The molecule has 3 aromatic rings. The number of ketones is 1. The smallest absolute Gasteiger partial charge is 0.254 e. The maximum atomic E-state index is 13.3. The van der Waals surface area contributed by atoms with Crippen LogP contribution < -0.4 is 5.32 Å². The number of allylic oxidation sites excluding steroid dienone is 4. The summed E-state index contributed by atoms with van der Waals surface area (Å²) < 4.78 is 0. The van der Waals surface area contributed by atoms with Crippen molar-refractivity contribution in [1.82, 2.24) is 9.80 Å². The molecule has 1 saturated heterocycles. The number of nitrogens with zero attached hydrogens (tertiary/aromatic N) is 3. The highest BCUT2D eigenvalue weighted by atomic mass is 32.1. The zero-order chi connectivity index (χ0) is 29.3. The summed E-state index contributed by atoms with van der Waals surface area (Å²) in [6, 6.07) is 19.0. The van der Waals surface area contributed by atoms with Crippen LogP contribution in [-0.4, -0.2) is 59.4 Å². The van der Waals surface area contributed by atoms with E-state index < -0.39 is 0 Å². The van der Waals surface area contributed by atoms with E-state index >= 15 is 0 Å². The normalized spacial score (nSPS) is 21.5. The molecule has 1 aromatic heterocycles. The van der Waals surface area contributed by atoms with Crippen molar-refractivity contribution in [3.8, 4) is 10.4 Å². The van der Waals surface area contributed by atoms with Gasteiger partial charge >= 0.3 is 0 Å². The number of aliphatic imine (C=N–C) groups is 1. The summed E-state index contributed by atoms with van der Waals surface area (Å²) in [6.07, 6.45) is 9.35. The number of anilines is 1. The Kier molecular flexibility index (Phi) is 7.85. The Bertz CT molecular complexity index is 1640. The third-order valence-electron chi connectivity index (χ3n) is 8.95. The molecule has 4 heterocycles. The molecule has 1 aliphatic carbocycles. The number of rotatable bonds is 8. The van der Waals surface area contributed by atoms with Crippen molar-refractivity contribution in [2.75, 3.05) is 31.5 Å². The molecule has 0 radical (unpaired) electrons. The number of hydrogen-bond acceptors (Lipinski definition) is 6. The number of benzene rings is 2. The van der Waals surface area contributed by atoms with E-state index in [0.717, 1.165) is 59.7 Å². The molecule has 1 fully saturated rings. The number of Topliss-reactive ketones (excluding diaryl/α,β-unsaturated/α-hetero) is 1. The molecule has 1 N–H and O–H groups in total. The molecule has 4 aliphatic rings. The molecule has 0 spiro atoms. The topological polar surface area (TPSA) is 65.0 Å². The molecule has 1 atom stereocenters. The molecule has 7 heteroatoms. The van der Waals surface area contributed by atoms with Gasteiger partial charge in [-0.1, -0.05) is 36.4 Å². The highest BCUT2D eigenvalue weighted by molar-refractivity contribution is 7.15. The first-order valence-corrected chi connectivity index (χ1v) is 16.4. The van der Waals surface area contributed by atoms with Crippen LogP contribution in [-0.2, 0) is 24.2 Å². The third-order valence-corrected chi connectivity index (χ3v) is 10.1. The first kappa shape index (κ1) is 28.0. The van der Waals surface area contributed by atoms with Crippen LogP contribution in [0.1, 0.15) is 59.0 Å². The van der Waals surface area contributed by atoms with Gasteiger partial charge in [-0.15, -0.1) is 11.3 Å². The number of thiophene rings is 1. The lowest BCUT2D eigenvalue weighted by Gasteiger charge is -2.19. The van der Waals surface area contributed by atoms with Gasteiger partial charge in [-0.3, -0.25) is 14.6 Å². The lowest BCUT2D eigenvalue weighted by Crippen LogP contribution is -2.29. The van der Waals surface area contributed by atoms with Crippen LogP contribution in [0.25, 0.3) is 10.4 Å². The van der Waals surface area contributed by atoms with Crippen molar-refractivity contribution in [2.45, 2.75) is 58.0 Å². The van der Waals surface area contributed by atoms with Crippen LogP contribution in [0, 0.1) is 0 Å². The van der Waals surface area contributed by atoms with E-state index in [4.69, 9.17) is 4.99 Å². The zero-order valence-corrected chi connectivity index (χ0v) is 25.6. The second-order valence-corrected chi connectivity index (χ2v) is 13.3. The summed E-state index contributed by atoms with van der Waals surface area (Å²) in [5, 5.41) is 3.56. The van der Waals surface area contributed by atoms with E-state index in [1.807, 2.05) is 23.1 Å². The van der Waals surface area contributed by atoms with Crippen LogP contribution in [0.3, 0.4) is 0 Å². The van der Waals surface area contributed by atoms with E-state index in [0.29, 0.717) is 25.0 Å². The van der Waals surface area contributed by atoms with Gasteiger partial charge in [0.1, 0.15) is 0 Å². The fourth-order valence-corrected chi connectivity index (χ4v) is 7.94. The Morgan fingerprint density at radius 1 is 1.00 bits per heavy atom. The van der Waals surface area contributed by atoms with Gasteiger partial charge in [0, 0.05) is 59.1 Å². The summed E-state index contributed by atoms with van der Waals surface area (Å²) in [5.74, 6) is 0.233. The fraction of sp³-hybridized carbons (Fsp3) is 0.361. The van der Waals surface area contributed by atoms with Gasteiger partial charge in [-0.25, -0.2) is 0 Å². The van der Waals surface area contributed by atoms with Crippen LogP contribution in [0.2, 0.25) is 0 Å². The van der Waals surface area contributed by atoms with Gasteiger partial charge in [0.05, 0.1) is 17.3 Å². The summed E-state index contributed by atoms with van der Waals surface area (Å²) in [6.45, 7) is 7.04. The SMILES string of the molecule is CC(Cc1ccc(-c2ccccc2)s1)N=C1C=CCC(=O)C1=C1Cc2cc3c(cc2N1)CN(CCCN1CCCC1)C3=O. The van der Waals surface area contributed by atoms with Gasteiger partial charge in [0.25, 0.3) is 5.91 Å². The molecule has 0 saturated carbocycles. The van der Waals surface area contributed by atoms with Crippen LogP contribution in [0.15, 0.2) is 83.0 Å². The zero-order valence-electron chi connectivity index (χ0n) is 24.8. The van der Waals surface area contributed by atoms with Crippen LogP contribution >= 0.6 is 11.3 Å². The maximum absolute atomic E-state index is 13.3. The standard InChI is InChI=1S/C36H38N4O2S/c1-24(19-28-13-14-34(43-28)25-9-3-2-4-10-25)37-30-11-7-12-33(41)35(30)32-21-26-20-29-27(22-31(26)38-32)23-40(36(29)42)18-8-17-39-15-5-6-16-39/h2-4,7,9-11,13-14,20,22,24,38H,5-6,8,12,15-19,21,23H2,1H3. The second-order valence-electron chi connectivity index (χ2n) is 12.2. The van der Waals surface area contributed by atoms with Crippen LogP contribution in [0.4, 0.5) is 5.69 Å². The predicted octanol–water partition coefficient (Wildman–Crippen LogP) is 6.68. The molecule has 1 amide bonds. The average molecular weight is 591 g/mol. The van der Waals surface area contributed by atoms with E-state index in [1.54, 1.807) is 11.3 Å². The number of likely N-dealkylation sites (tertiary alicyclic amines) is 1. The first-order valence-electron chi connectivity index (χ1n) is 15.6. The highest BCUT2D eigenvalue weighted by Crippen LogP contribution is 2.37. The Morgan fingerprint density at radius 3 is 2.67 bits per heavy atom. The van der Waals surface area contributed by atoms with Gasteiger partial charge in [-0.2, -0.15) is 0 Å². The van der Waals surface area contributed by atoms with Crippen molar-refractivity contribution < 1.29 is 9.59 Å². The van der Waals surface area contributed by atoms with Gasteiger partial charge in [0.2, 0.25) is 0 Å². The quantitative estimate of drug-likeness (QED) is 0.297. The van der Waals surface area contributed by atoms with Gasteiger partial charge in [0.15, 0.2) is 5.78 Å². The molecular weight excluding hydrogens is 552 g/mol. The molecule has 2 aromatic carbocycles. The Balaban J connectivity index is 1.05. The lowest BCUT2D eigenvalue weighted by atomic mass is 9.93. The van der Waals surface area contributed by atoms with Crippen molar-refractivity contribution in [3.63, 3.8) is 0 Å². The molecule has 3 aliphatic heterocycles. The minimum Gasteiger partial charge on any atom is -0.358 e. The molecular formula is C36H38N4O2S. The maximum Gasteiger partial charge on any atom is 0.254 e. The second kappa shape index (κ2) is 12.1. The monoisotopic (exact) mass is 590 g/mol. The number of hydrogen-bond donors (Lipinski definition) is 1. The van der Waals surface area contributed by atoms with Crippen molar-refractivity contribution >= 4 is 34.4 Å². The third kappa shape index (κ3) is 5.89. The fourth-order valence-electron chi connectivity index (χ4n) is 6.81. The molecule has 43 heavy (non-hydrogen) atoms. The Labute approximate surface area is 257 Å². The molecule has 0 bridgehead atoms. The van der Waals surface area contributed by atoms with E-state index in [1.165, 1.54) is 41.2 Å². The van der Waals surface area contributed by atoms with Crippen LogP contribution in [0.5, 0.6) is 0 Å². The summed E-state index contributed by atoms with van der Waals surface area (Å²) in [7, 11) is 0. The number of amides is 1. The largest absolute Gasteiger partial charge is 0.358 e. The van der Waals surface area contributed by atoms with Gasteiger partial charge < -0.3 is 15.1 Å². The number of fused-ring (bicyclic) bond motifs is 2. The summed E-state index contributed by atoms with van der Waals surface area (Å²) >= 11 is 1.80. The van der Waals surface area contributed by atoms with E-state index in [9.17, 15) is 9.59 Å². The first-order chi connectivity index (χ1) is 21.0.